The molecule has 2 aromatic carbocycles. The SMILES string of the molecule is CNCc1ccc(Sc2ccc(F)cc2)c(C)c1. The Hall–Kier alpha value is -1.32. The highest BCUT2D eigenvalue weighted by Gasteiger charge is 2.02. The van der Waals surface area contributed by atoms with Crippen LogP contribution in [0.3, 0.4) is 0 Å². The van der Waals surface area contributed by atoms with Crippen LogP contribution in [0.25, 0.3) is 0 Å². The maximum atomic E-state index is 12.8. The molecule has 3 heteroatoms. The summed E-state index contributed by atoms with van der Waals surface area (Å²) in [7, 11) is 1.94. The van der Waals surface area contributed by atoms with Crippen molar-refractivity contribution >= 4 is 11.8 Å². The minimum atomic E-state index is -0.194. The molecular weight excluding hydrogens is 245 g/mol. The first-order chi connectivity index (χ1) is 8.69. The number of hydrogen-bond acceptors (Lipinski definition) is 2. The number of aryl methyl sites for hydroxylation is 1. The highest BCUT2D eigenvalue weighted by atomic mass is 32.2. The summed E-state index contributed by atoms with van der Waals surface area (Å²) in [4.78, 5) is 2.27. The Morgan fingerprint density at radius 3 is 2.44 bits per heavy atom. The van der Waals surface area contributed by atoms with Crippen molar-refractivity contribution in [3.05, 3.63) is 59.4 Å². The van der Waals surface area contributed by atoms with Gasteiger partial charge in [-0.25, -0.2) is 4.39 Å². The summed E-state index contributed by atoms with van der Waals surface area (Å²) in [6.45, 7) is 2.98. The van der Waals surface area contributed by atoms with E-state index in [1.165, 1.54) is 28.2 Å². The van der Waals surface area contributed by atoms with Gasteiger partial charge in [-0.2, -0.15) is 0 Å². The second kappa shape index (κ2) is 6.03. The van der Waals surface area contributed by atoms with Crippen molar-refractivity contribution in [3.63, 3.8) is 0 Å². The number of rotatable bonds is 4. The van der Waals surface area contributed by atoms with Gasteiger partial charge in [-0.15, -0.1) is 0 Å². The fourth-order valence-electron chi connectivity index (χ4n) is 1.77. The molecule has 0 saturated heterocycles. The Bertz CT molecular complexity index is 523. The predicted molar refractivity (Wildman–Crippen MR) is 74.5 cm³/mol. The third kappa shape index (κ3) is 3.34. The normalized spacial score (nSPS) is 10.6. The lowest BCUT2D eigenvalue weighted by Gasteiger charge is -2.08. The van der Waals surface area contributed by atoms with Crippen LogP contribution in [0.15, 0.2) is 52.3 Å². The summed E-state index contributed by atoms with van der Waals surface area (Å²) in [5.74, 6) is -0.194. The third-order valence-electron chi connectivity index (χ3n) is 2.66. The van der Waals surface area contributed by atoms with Crippen molar-refractivity contribution < 1.29 is 4.39 Å². The van der Waals surface area contributed by atoms with Crippen LogP contribution < -0.4 is 5.32 Å². The zero-order valence-corrected chi connectivity index (χ0v) is 11.4. The molecule has 0 aliphatic rings. The zero-order valence-electron chi connectivity index (χ0n) is 10.5. The van der Waals surface area contributed by atoms with E-state index in [9.17, 15) is 4.39 Å². The Labute approximate surface area is 111 Å². The van der Waals surface area contributed by atoms with Crippen LogP contribution >= 0.6 is 11.8 Å². The maximum Gasteiger partial charge on any atom is 0.123 e. The third-order valence-corrected chi connectivity index (χ3v) is 3.85. The van der Waals surface area contributed by atoms with E-state index in [1.807, 2.05) is 7.05 Å². The van der Waals surface area contributed by atoms with Crippen LogP contribution in [-0.2, 0) is 6.54 Å². The van der Waals surface area contributed by atoms with Gasteiger partial charge in [0, 0.05) is 16.3 Å². The van der Waals surface area contributed by atoms with Crippen LogP contribution in [0, 0.1) is 12.7 Å². The van der Waals surface area contributed by atoms with Crippen LogP contribution in [0.2, 0.25) is 0 Å². The molecule has 0 aromatic heterocycles. The Balaban J connectivity index is 2.16. The highest BCUT2D eigenvalue weighted by molar-refractivity contribution is 7.99. The Morgan fingerprint density at radius 1 is 1.11 bits per heavy atom. The molecule has 0 aliphatic carbocycles. The van der Waals surface area contributed by atoms with Gasteiger partial charge in [0.15, 0.2) is 0 Å². The minimum Gasteiger partial charge on any atom is -0.316 e. The van der Waals surface area contributed by atoms with Gasteiger partial charge in [0.2, 0.25) is 0 Å². The van der Waals surface area contributed by atoms with Crippen LogP contribution in [-0.4, -0.2) is 7.05 Å². The standard InChI is InChI=1S/C15H16FNS/c1-11-9-12(10-17-2)3-8-15(11)18-14-6-4-13(16)5-7-14/h3-9,17H,10H2,1-2H3. The summed E-state index contributed by atoms with van der Waals surface area (Å²) in [5, 5.41) is 3.14. The molecule has 1 nitrogen and oxygen atoms in total. The number of nitrogens with one attached hydrogen (secondary N) is 1. The molecule has 2 aromatic rings. The topological polar surface area (TPSA) is 12.0 Å². The van der Waals surface area contributed by atoms with Crippen molar-refractivity contribution in [2.24, 2.45) is 0 Å². The van der Waals surface area contributed by atoms with E-state index in [2.05, 4.69) is 30.4 Å². The van der Waals surface area contributed by atoms with Crippen LogP contribution in [0.4, 0.5) is 4.39 Å². The quantitative estimate of drug-likeness (QED) is 0.892. The van der Waals surface area contributed by atoms with Gasteiger partial charge >= 0.3 is 0 Å². The van der Waals surface area contributed by atoms with E-state index in [0.717, 1.165) is 11.4 Å². The van der Waals surface area contributed by atoms with E-state index in [0.29, 0.717) is 0 Å². The number of benzene rings is 2. The molecule has 0 aliphatic heterocycles. The van der Waals surface area contributed by atoms with Crippen LogP contribution in [0.5, 0.6) is 0 Å². The molecule has 1 N–H and O–H groups in total. The molecule has 0 unspecified atom stereocenters. The molecule has 0 heterocycles. The average Bonchev–Trinajstić information content (AvgIpc) is 2.36. The zero-order chi connectivity index (χ0) is 13.0. The molecule has 0 atom stereocenters. The van der Waals surface area contributed by atoms with E-state index < -0.39 is 0 Å². The van der Waals surface area contributed by atoms with Crippen molar-refractivity contribution in [1.82, 2.24) is 5.32 Å². The molecule has 18 heavy (non-hydrogen) atoms. The molecule has 94 valence electrons. The van der Waals surface area contributed by atoms with Crippen LogP contribution in [0.1, 0.15) is 11.1 Å². The first-order valence-corrected chi connectivity index (χ1v) is 6.68. The lowest BCUT2D eigenvalue weighted by Crippen LogP contribution is -2.05. The molecule has 0 radical (unpaired) electrons. The smallest absolute Gasteiger partial charge is 0.123 e. The van der Waals surface area contributed by atoms with Crippen molar-refractivity contribution in [2.45, 2.75) is 23.3 Å². The van der Waals surface area contributed by atoms with E-state index in [-0.39, 0.29) is 5.82 Å². The van der Waals surface area contributed by atoms with Gasteiger partial charge < -0.3 is 5.32 Å². The summed E-state index contributed by atoms with van der Waals surface area (Å²) >= 11 is 1.66. The van der Waals surface area contributed by atoms with E-state index >= 15 is 0 Å². The highest BCUT2D eigenvalue weighted by Crippen LogP contribution is 2.30. The largest absolute Gasteiger partial charge is 0.316 e. The van der Waals surface area contributed by atoms with Gasteiger partial charge in [0.1, 0.15) is 5.82 Å². The molecule has 2 rings (SSSR count). The van der Waals surface area contributed by atoms with E-state index in [1.54, 1.807) is 23.9 Å². The Kier molecular flexibility index (Phi) is 4.39. The summed E-state index contributed by atoms with van der Waals surface area (Å²) < 4.78 is 12.8. The Morgan fingerprint density at radius 2 is 1.83 bits per heavy atom. The fraction of sp³-hybridized carbons (Fsp3) is 0.200. The molecular formula is C15H16FNS. The molecule has 0 saturated carbocycles. The fourth-order valence-corrected chi connectivity index (χ4v) is 2.65. The molecule has 0 bridgehead atoms. The summed E-state index contributed by atoms with van der Waals surface area (Å²) in [5.41, 5.74) is 2.52. The summed E-state index contributed by atoms with van der Waals surface area (Å²) in [6.07, 6.45) is 0. The van der Waals surface area contributed by atoms with Crippen molar-refractivity contribution in [3.8, 4) is 0 Å². The lowest BCUT2D eigenvalue weighted by molar-refractivity contribution is 0.626. The number of hydrogen-bond donors (Lipinski definition) is 1. The van der Waals surface area contributed by atoms with Gasteiger partial charge in [-0.1, -0.05) is 23.9 Å². The minimum absolute atomic E-state index is 0.194. The van der Waals surface area contributed by atoms with Gasteiger partial charge in [0.25, 0.3) is 0 Å². The molecule has 0 fully saturated rings. The number of halogens is 1. The van der Waals surface area contributed by atoms with Gasteiger partial charge in [0.05, 0.1) is 0 Å². The predicted octanol–water partition coefficient (Wildman–Crippen LogP) is 4.00. The molecule has 0 spiro atoms. The summed E-state index contributed by atoms with van der Waals surface area (Å²) in [6, 6.07) is 13.0. The monoisotopic (exact) mass is 261 g/mol. The van der Waals surface area contributed by atoms with Gasteiger partial charge in [-0.3, -0.25) is 0 Å². The molecule has 0 amide bonds. The first-order valence-electron chi connectivity index (χ1n) is 5.86. The lowest BCUT2D eigenvalue weighted by atomic mass is 10.1. The second-order valence-corrected chi connectivity index (χ2v) is 5.30. The maximum absolute atomic E-state index is 12.8. The van der Waals surface area contributed by atoms with Crippen molar-refractivity contribution in [2.75, 3.05) is 7.05 Å². The van der Waals surface area contributed by atoms with Crippen molar-refractivity contribution in [1.29, 1.82) is 0 Å². The first kappa shape index (κ1) is 13.1. The van der Waals surface area contributed by atoms with E-state index in [4.69, 9.17) is 0 Å². The average molecular weight is 261 g/mol. The van der Waals surface area contributed by atoms with Gasteiger partial charge in [-0.05, 0) is 55.4 Å². The second-order valence-electron chi connectivity index (χ2n) is 4.19.